The highest BCUT2D eigenvalue weighted by molar-refractivity contribution is 7.92. The fourth-order valence-electron chi connectivity index (χ4n) is 2.34. The molecular weight excluding hydrogens is 370 g/mol. The Morgan fingerprint density at radius 2 is 1.89 bits per heavy atom. The van der Waals surface area contributed by atoms with Crippen LogP contribution in [-0.2, 0) is 16.6 Å². The standard InChI is InChI=1S/C18H19N3O5S/c1-24-16-7-6-15(10-17(16)25-2)27(22,23)21-18-8-5-13(11-20-18)19-12-14-4-3-9-26-14/h3-11,19H,12H2,1-2H3,(H,20,21). The normalized spacial score (nSPS) is 11.0. The number of pyridine rings is 1. The number of methoxy groups -OCH3 is 2. The molecule has 0 radical (unpaired) electrons. The van der Waals surface area contributed by atoms with Crippen LogP contribution in [0.15, 0.2) is 64.2 Å². The second-order valence-corrected chi connectivity index (χ2v) is 7.17. The maximum Gasteiger partial charge on any atom is 0.263 e. The van der Waals surface area contributed by atoms with Gasteiger partial charge in [0.15, 0.2) is 11.5 Å². The van der Waals surface area contributed by atoms with Gasteiger partial charge in [-0.1, -0.05) is 0 Å². The maximum atomic E-state index is 12.6. The van der Waals surface area contributed by atoms with E-state index in [1.54, 1.807) is 24.5 Å². The van der Waals surface area contributed by atoms with Crippen LogP contribution in [0.1, 0.15) is 5.76 Å². The fourth-order valence-corrected chi connectivity index (χ4v) is 3.36. The van der Waals surface area contributed by atoms with E-state index < -0.39 is 10.0 Å². The lowest BCUT2D eigenvalue weighted by Gasteiger charge is -2.11. The van der Waals surface area contributed by atoms with E-state index in [0.29, 0.717) is 18.0 Å². The van der Waals surface area contributed by atoms with Gasteiger partial charge in [-0.25, -0.2) is 13.4 Å². The van der Waals surface area contributed by atoms with Gasteiger partial charge in [-0.3, -0.25) is 4.72 Å². The van der Waals surface area contributed by atoms with Crippen molar-refractivity contribution >= 4 is 21.5 Å². The Balaban J connectivity index is 1.70. The highest BCUT2D eigenvalue weighted by Crippen LogP contribution is 2.30. The Morgan fingerprint density at radius 3 is 2.52 bits per heavy atom. The number of benzene rings is 1. The molecule has 0 atom stereocenters. The summed E-state index contributed by atoms with van der Waals surface area (Å²) in [5.74, 6) is 1.76. The average molecular weight is 389 g/mol. The van der Waals surface area contributed by atoms with Crippen LogP contribution in [0.25, 0.3) is 0 Å². The van der Waals surface area contributed by atoms with E-state index in [1.165, 1.54) is 38.6 Å². The molecule has 0 fully saturated rings. The van der Waals surface area contributed by atoms with Gasteiger partial charge < -0.3 is 19.2 Å². The molecule has 0 spiro atoms. The van der Waals surface area contributed by atoms with Crippen molar-refractivity contribution in [3.05, 3.63) is 60.7 Å². The van der Waals surface area contributed by atoms with Crippen LogP contribution in [0.5, 0.6) is 11.5 Å². The van der Waals surface area contributed by atoms with Gasteiger partial charge >= 0.3 is 0 Å². The molecule has 0 saturated heterocycles. The minimum Gasteiger partial charge on any atom is -0.493 e. The molecule has 0 unspecified atom stereocenters. The molecule has 2 N–H and O–H groups in total. The number of ether oxygens (including phenoxy) is 2. The van der Waals surface area contributed by atoms with Crippen molar-refractivity contribution in [2.45, 2.75) is 11.4 Å². The summed E-state index contributed by atoms with van der Waals surface area (Å²) in [6.07, 6.45) is 3.14. The summed E-state index contributed by atoms with van der Waals surface area (Å²) in [4.78, 5) is 4.17. The highest BCUT2D eigenvalue weighted by Gasteiger charge is 2.17. The van der Waals surface area contributed by atoms with E-state index >= 15 is 0 Å². The van der Waals surface area contributed by atoms with Crippen molar-refractivity contribution in [1.29, 1.82) is 0 Å². The van der Waals surface area contributed by atoms with Crippen molar-refractivity contribution in [1.82, 2.24) is 4.98 Å². The van der Waals surface area contributed by atoms with Crippen LogP contribution >= 0.6 is 0 Å². The van der Waals surface area contributed by atoms with Gasteiger partial charge in [0.1, 0.15) is 11.6 Å². The van der Waals surface area contributed by atoms with Crippen LogP contribution in [0.2, 0.25) is 0 Å². The van der Waals surface area contributed by atoms with Crippen molar-refractivity contribution in [3.63, 3.8) is 0 Å². The molecule has 0 aliphatic carbocycles. The third-order valence-corrected chi connectivity index (χ3v) is 5.07. The molecule has 0 bridgehead atoms. The topological polar surface area (TPSA) is 103 Å². The van der Waals surface area contributed by atoms with Crippen molar-refractivity contribution in [3.8, 4) is 11.5 Å². The molecular formula is C18H19N3O5S. The van der Waals surface area contributed by atoms with Gasteiger partial charge in [-0.05, 0) is 36.4 Å². The van der Waals surface area contributed by atoms with E-state index in [-0.39, 0.29) is 10.7 Å². The Morgan fingerprint density at radius 1 is 1.07 bits per heavy atom. The van der Waals surface area contributed by atoms with E-state index in [0.717, 1.165) is 11.4 Å². The van der Waals surface area contributed by atoms with Gasteiger partial charge in [0.25, 0.3) is 10.0 Å². The van der Waals surface area contributed by atoms with Gasteiger partial charge in [0.05, 0.1) is 43.8 Å². The number of furan rings is 1. The van der Waals surface area contributed by atoms with Crippen molar-refractivity contribution < 1.29 is 22.3 Å². The summed E-state index contributed by atoms with van der Waals surface area (Å²) in [7, 11) is -0.891. The summed E-state index contributed by atoms with van der Waals surface area (Å²) in [5.41, 5.74) is 0.737. The number of aromatic nitrogens is 1. The molecule has 1 aromatic carbocycles. The molecule has 27 heavy (non-hydrogen) atoms. The second-order valence-electron chi connectivity index (χ2n) is 5.49. The zero-order valence-electron chi connectivity index (χ0n) is 14.8. The first kappa shape index (κ1) is 18.6. The van der Waals surface area contributed by atoms with Crippen LogP contribution in [-0.4, -0.2) is 27.6 Å². The molecule has 142 valence electrons. The predicted molar refractivity (Wildman–Crippen MR) is 101 cm³/mol. The molecule has 3 rings (SSSR count). The molecule has 0 aliphatic rings. The van der Waals surface area contributed by atoms with E-state index in [4.69, 9.17) is 13.9 Å². The lowest BCUT2D eigenvalue weighted by Crippen LogP contribution is -2.14. The minimum absolute atomic E-state index is 0.0435. The zero-order valence-corrected chi connectivity index (χ0v) is 15.6. The first-order valence-corrected chi connectivity index (χ1v) is 9.47. The minimum atomic E-state index is -3.81. The lowest BCUT2D eigenvalue weighted by atomic mass is 10.3. The van der Waals surface area contributed by atoms with Crippen LogP contribution in [0, 0.1) is 0 Å². The predicted octanol–water partition coefficient (Wildman–Crippen LogP) is 3.10. The number of sulfonamides is 1. The monoisotopic (exact) mass is 389 g/mol. The first-order valence-electron chi connectivity index (χ1n) is 7.99. The summed E-state index contributed by atoms with van der Waals surface area (Å²) < 4.78 is 43.1. The van der Waals surface area contributed by atoms with Gasteiger partial charge in [0.2, 0.25) is 0 Å². The molecule has 0 aliphatic heterocycles. The number of hydrogen-bond donors (Lipinski definition) is 2. The number of rotatable bonds is 8. The van der Waals surface area contributed by atoms with Crippen LogP contribution < -0.4 is 19.5 Å². The van der Waals surface area contributed by atoms with Crippen LogP contribution in [0.3, 0.4) is 0 Å². The summed E-state index contributed by atoms with van der Waals surface area (Å²) in [6, 6.07) is 11.3. The zero-order chi connectivity index (χ0) is 19.3. The SMILES string of the molecule is COc1ccc(S(=O)(=O)Nc2ccc(NCc3ccco3)cn2)cc1OC. The molecule has 3 aromatic rings. The van der Waals surface area contributed by atoms with Gasteiger partial charge in [-0.2, -0.15) is 0 Å². The Hall–Kier alpha value is -3.20. The van der Waals surface area contributed by atoms with Gasteiger partial charge in [-0.15, -0.1) is 0 Å². The molecule has 2 aromatic heterocycles. The van der Waals surface area contributed by atoms with E-state index in [2.05, 4.69) is 15.0 Å². The summed E-state index contributed by atoms with van der Waals surface area (Å²) >= 11 is 0. The van der Waals surface area contributed by atoms with E-state index in [9.17, 15) is 8.42 Å². The third kappa shape index (κ3) is 4.50. The van der Waals surface area contributed by atoms with Gasteiger partial charge in [0, 0.05) is 6.07 Å². The molecule has 9 heteroatoms. The van der Waals surface area contributed by atoms with Crippen LogP contribution in [0.4, 0.5) is 11.5 Å². The smallest absolute Gasteiger partial charge is 0.263 e. The third-order valence-electron chi connectivity index (χ3n) is 3.71. The van der Waals surface area contributed by atoms with Crippen molar-refractivity contribution in [2.75, 3.05) is 24.3 Å². The number of anilines is 2. The summed E-state index contributed by atoms with van der Waals surface area (Å²) in [5, 5.41) is 3.13. The number of nitrogens with one attached hydrogen (secondary N) is 2. The fraction of sp³-hybridized carbons (Fsp3) is 0.167. The largest absolute Gasteiger partial charge is 0.493 e. The Bertz CT molecular complexity index is 986. The first-order chi connectivity index (χ1) is 13.0. The molecule has 2 heterocycles. The summed E-state index contributed by atoms with van der Waals surface area (Å²) in [6.45, 7) is 0.505. The van der Waals surface area contributed by atoms with Crippen molar-refractivity contribution in [2.24, 2.45) is 0 Å². The molecule has 0 amide bonds. The molecule has 0 saturated carbocycles. The average Bonchev–Trinajstić information content (AvgIpc) is 3.20. The second kappa shape index (κ2) is 8.00. The number of nitrogens with zero attached hydrogens (tertiary/aromatic N) is 1. The highest BCUT2D eigenvalue weighted by atomic mass is 32.2. The lowest BCUT2D eigenvalue weighted by molar-refractivity contribution is 0.354. The number of hydrogen-bond acceptors (Lipinski definition) is 7. The molecule has 8 nitrogen and oxygen atoms in total. The Labute approximate surface area is 157 Å². The van der Waals surface area contributed by atoms with E-state index in [1.807, 2.05) is 6.07 Å². The quantitative estimate of drug-likeness (QED) is 0.610. The Kier molecular flexibility index (Phi) is 5.51. The maximum absolute atomic E-state index is 12.6.